The second kappa shape index (κ2) is 6.79. The molecule has 0 unspecified atom stereocenters. The normalized spacial score (nSPS) is 11.5. The molecule has 0 heterocycles. The first kappa shape index (κ1) is 16.3. The summed E-state index contributed by atoms with van der Waals surface area (Å²) in [5.74, 6) is 0. The van der Waals surface area contributed by atoms with Crippen molar-refractivity contribution in [1.82, 2.24) is 4.72 Å². The third-order valence-corrected chi connectivity index (χ3v) is 5.72. The fourth-order valence-corrected chi connectivity index (χ4v) is 4.15. The lowest BCUT2D eigenvalue weighted by Crippen LogP contribution is -2.26. The van der Waals surface area contributed by atoms with E-state index in [0.717, 1.165) is 5.56 Å². The highest BCUT2D eigenvalue weighted by molar-refractivity contribution is 9.10. The summed E-state index contributed by atoms with van der Waals surface area (Å²) < 4.78 is 27.5. The van der Waals surface area contributed by atoms with Gasteiger partial charge in [0.1, 0.15) is 0 Å². The zero-order chi connectivity index (χ0) is 15.5. The van der Waals surface area contributed by atoms with Crippen molar-refractivity contribution < 1.29 is 8.42 Å². The van der Waals surface area contributed by atoms with Crippen molar-refractivity contribution in [3.63, 3.8) is 0 Å². The molecule has 0 aromatic heterocycles. The number of halogens is 2. The van der Waals surface area contributed by atoms with Gasteiger partial charge >= 0.3 is 0 Å². The minimum atomic E-state index is -3.67. The number of hydrogen-bond donors (Lipinski definition) is 2. The monoisotopic (exact) mass is 388 g/mol. The lowest BCUT2D eigenvalue weighted by Gasteiger charge is -2.10. The third kappa shape index (κ3) is 4.20. The SMILES string of the molecule is Nc1cc(Cl)cc(S(=O)(=O)NCCc2ccccc2)c1Br. The Labute approximate surface area is 137 Å². The van der Waals surface area contributed by atoms with Crippen molar-refractivity contribution in [3.05, 3.63) is 57.5 Å². The Morgan fingerprint density at radius 2 is 1.86 bits per heavy atom. The second-order valence-corrected chi connectivity index (χ2v) is 7.41. The van der Waals surface area contributed by atoms with Gasteiger partial charge in [0.2, 0.25) is 10.0 Å². The Balaban J connectivity index is 2.12. The highest BCUT2D eigenvalue weighted by atomic mass is 79.9. The van der Waals surface area contributed by atoms with E-state index >= 15 is 0 Å². The van der Waals surface area contributed by atoms with Crippen LogP contribution >= 0.6 is 27.5 Å². The molecule has 0 radical (unpaired) electrons. The molecule has 21 heavy (non-hydrogen) atoms. The molecule has 0 saturated heterocycles. The van der Waals surface area contributed by atoms with E-state index in [9.17, 15) is 8.42 Å². The van der Waals surface area contributed by atoms with Gasteiger partial charge in [0.25, 0.3) is 0 Å². The van der Waals surface area contributed by atoms with Crippen LogP contribution in [0.1, 0.15) is 5.56 Å². The standard InChI is InChI=1S/C14H14BrClN2O2S/c15-14-12(17)8-11(16)9-13(14)21(19,20)18-7-6-10-4-2-1-3-5-10/h1-5,8-9,18H,6-7,17H2. The molecule has 112 valence electrons. The van der Waals surface area contributed by atoms with Crippen LogP contribution in [0.25, 0.3) is 0 Å². The zero-order valence-electron chi connectivity index (χ0n) is 11.0. The third-order valence-electron chi connectivity index (χ3n) is 2.87. The number of nitrogens with one attached hydrogen (secondary N) is 1. The fourth-order valence-electron chi connectivity index (χ4n) is 1.83. The smallest absolute Gasteiger partial charge is 0.241 e. The van der Waals surface area contributed by atoms with E-state index in [1.54, 1.807) is 0 Å². The van der Waals surface area contributed by atoms with Crippen LogP contribution in [0.2, 0.25) is 5.02 Å². The van der Waals surface area contributed by atoms with E-state index in [-0.39, 0.29) is 15.6 Å². The van der Waals surface area contributed by atoms with Gasteiger partial charge in [-0.25, -0.2) is 13.1 Å². The van der Waals surface area contributed by atoms with Gasteiger partial charge in [-0.2, -0.15) is 0 Å². The first-order chi connectivity index (χ1) is 9.90. The van der Waals surface area contributed by atoms with Crippen molar-refractivity contribution in [1.29, 1.82) is 0 Å². The van der Waals surface area contributed by atoms with Crippen molar-refractivity contribution in [2.45, 2.75) is 11.3 Å². The molecular weight excluding hydrogens is 376 g/mol. The van der Waals surface area contributed by atoms with Gasteiger partial charge < -0.3 is 5.73 Å². The molecule has 2 aromatic rings. The summed E-state index contributed by atoms with van der Waals surface area (Å²) >= 11 is 9.05. The molecule has 0 aliphatic rings. The molecule has 0 spiro atoms. The summed E-state index contributed by atoms with van der Waals surface area (Å²) in [5.41, 5.74) is 7.06. The lowest BCUT2D eigenvalue weighted by atomic mass is 10.2. The van der Waals surface area contributed by atoms with Gasteiger partial charge in [-0.15, -0.1) is 0 Å². The number of sulfonamides is 1. The average molecular weight is 390 g/mol. The van der Waals surface area contributed by atoms with Crippen molar-refractivity contribution in [2.75, 3.05) is 12.3 Å². The highest BCUT2D eigenvalue weighted by Crippen LogP contribution is 2.31. The van der Waals surface area contributed by atoms with Crippen molar-refractivity contribution in [2.24, 2.45) is 0 Å². The molecule has 0 fully saturated rings. The Kier molecular flexibility index (Phi) is 5.27. The summed E-state index contributed by atoms with van der Waals surface area (Å²) in [6.45, 7) is 0.297. The molecule has 2 rings (SSSR count). The van der Waals surface area contributed by atoms with Crippen molar-refractivity contribution in [3.8, 4) is 0 Å². The maximum atomic E-state index is 12.3. The molecule has 7 heteroatoms. The predicted molar refractivity (Wildman–Crippen MR) is 88.9 cm³/mol. The first-order valence-corrected chi connectivity index (χ1v) is 8.83. The Hall–Kier alpha value is -1.08. The average Bonchev–Trinajstić information content (AvgIpc) is 2.43. The quantitative estimate of drug-likeness (QED) is 0.771. The molecule has 0 amide bonds. The van der Waals surface area contributed by atoms with Gasteiger partial charge in [0.05, 0.1) is 9.37 Å². The molecule has 0 aliphatic heterocycles. The van der Waals surface area contributed by atoms with Crippen LogP contribution in [0.4, 0.5) is 5.69 Å². The number of nitrogens with two attached hydrogens (primary N) is 1. The van der Waals surface area contributed by atoms with Crippen LogP contribution < -0.4 is 10.5 Å². The summed E-state index contributed by atoms with van der Waals surface area (Å²) in [4.78, 5) is 0.0422. The Bertz CT molecular complexity index is 736. The molecule has 4 nitrogen and oxygen atoms in total. The maximum absolute atomic E-state index is 12.3. The molecule has 0 atom stereocenters. The molecule has 2 aromatic carbocycles. The largest absolute Gasteiger partial charge is 0.398 e. The van der Waals surface area contributed by atoms with Crippen LogP contribution in [0, 0.1) is 0 Å². The van der Waals surface area contributed by atoms with Crippen LogP contribution in [-0.2, 0) is 16.4 Å². The summed E-state index contributed by atoms with van der Waals surface area (Å²) in [6, 6.07) is 12.5. The predicted octanol–water partition coefficient (Wildman–Crippen LogP) is 3.21. The highest BCUT2D eigenvalue weighted by Gasteiger charge is 2.19. The van der Waals surface area contributed by atoms with E-state index in [1.165, 1.54) is 12.1 Å². The summed E-state index contributed by atoms with van der Waals surface area (Å²) in [5, 5.41) is 0.277. The Morgan fingerprint density at radius 3 is 2.52 bits per heavy atom. The van der Waals surface area contributed by atoms with E-state index in [0.29, 0.717) is 17.4 Å². The van der Waals surface area contributed by atoms with Gasteiger partial charge in [-0.05, 0) is 40.0 Å². The number of anilines is 1. The van der Waals surface area contributed by atoms with E-state index in [4.69, 9.17) is 17.3 Å². The van der Waals surface area contributed by atoms with Crippen LogP contribution in [0.15, 0.2) is 51.8 Å². The van der Waals surface area contributed by atoms with E-state index < -0.39 is 10.0 Å². The van der Waals surface area contributed by atoms with Gasteiger partial charge in [0, 0.05) is 17.3 Å². The molecule has 0 saturated carbocycles. The van der Waals surface area contributed by atoms with E-state index in [1.807, 2.05) is 30.3 Å². The van der Waals surface area contributed by atoms with Gasteiger partial charge in [0.15, 0.2) is 0 Å². The van der Waals surface area contributed by atoms with Crippen LogP contribution in [0.3, 0.4) is 0 Å². The van der Waals surface area contributed by atoms with Crippen LogP contribution in [0.5, 0.6) is 0 Å². The van der Waals surface area contributed by atoms with Gasteiger partial charge in [-0.3, -0.25) is 0 Å². The van der Waals surface area contributed by atoms with Crippen LogP contribution in [-0.4, -0.2) is 15.0 Å². The molecule has 0 aliphatic carbocycles. The lowest BCUT2D eigenvalue weighted by molar-refractivity contribution is 0.581. The first-order valence-electron chi connectivity index (χ1n) is 6.18. The molecule has 0 bridgehead atoms. The minimum absolute atomic E-state index is 0.0422. The molecular formula is C14H14BrClN2O2S. The fraction of sp³-hybridized carbons (Fsp3) is 0.143. The summed E-state index contributed by atoms with van der Waals surface area (Å²) in [7, 11) is -3.67. The number of hydrogen-bond acceptors (Lipinski definition) is 3. The minimum Gasteiger partial charge on any atom is -0.398 e. The maximum Gasteiger partial charge on any atom is 0.241 e. The topological polar surface area (TPSA) is 72.2 Å². The zero-order valence-corrected chi connectivity index (χ0v) is 14.2. The summed E-state index contributed by atoms with van der Waals surface area (Å²) in [6.07, 6.45) is 0.605. The number of nitrogen functional groups attached to an aromatic ring is 1. The second-order valence-electron chi connectivity index (χ2n) is 4.44. The van der Waals surface area contributed by atoms with Gasteiger partial charge in [-0.1, -0.05) is 41.9 Å². The number of rotatable bonds is 5. The van der Waals surface area contributed by atoms with E-state index in [2.05, 4.69) is 20.7 Å². The molecule has 3 N–H and O–H groups in total. The number of benzene rings is 2. The Morgan fingerprint density at radius 1 is 1.19 bits per heavy atom. The van der Waals surface area contributed by atoms with Crippen molar-refractivity contribution >= 4 is 43.2 Å².